The standard InChI is InChI=1S/C12H13N3O2S2/c1-12(2,6-16)14-9(17)8-5-7-10(19-8)13-11-15(7)3-4-18-11/h3-5,16H,6H2,1-2H3,(H,14,17). The first kappa shape index (κ1) is 12.6. The van der Waals surface area contributed by atoms with Crippen LogP contribution in [0.4, 0.5) is 0 Å². The molecule has 0 atom stereocenters. The first-order valence-electron chi connectivity index (χ1n) is 5.79. The molecule has 3 aromatic rings. The van der Waals surface area contributed by atoms with Crippen LogP contribution in [0.15, 0.2) is 17.6 Å². The first-order chi connectivity index (χ1) is 9.00. The average molecular weight is 295 g/mol. The molecule has 0 saturated carbocycles. The van der Waals surface area contributed by atoms with Crippen molar-refractivity contribution in [1.82, 2.24) is 14.7 Å². The highest BCUT2D eigenvalue weighted by Crippen LogP contribution is 2.28. The third-order valence-electron chi connectivity index (χ3n) is 2.81. The van der Waals surface area contributed by atoms with Crippen molar-refractivity contribution in [1.29, 1.82) is 0 Å². The fourth-order valence-corrected chi connectivity index (χ4v) is 3.46. The van der Waals surface area contributed by atoms with Crippen LogP contribution in [0.5, 0.6) is 0 Å². The zero-order chi connectivity index (χ0) is 13.6. The van der Waals surface area contributed by atoms with E-state index >= 15 is 0 Å². The van der Waals surface area contributed by atoms with Gasteiger partial charge >= 0.3 is 0 Å². The Bertz CT molecular complexity index is 753. The second-order valence-electron chi connectivity index (χ2n) is 4.96. The number of thiazole rings is 1. The summed E-state index contributed by atoms with van der Waals surface area (Å²) in [7, 11) is 0. The van der Waals surface area contributed by atoms with Gasteiger partial charge in [0, 0.05) is 11.6 Å². The number of amides is 1. The lowest BCUT2D eigenvalue weighted by Gasteiger charge is -2.22. The van der Waals surface area contributed by atoms with Gasteiger partial charge in [-0.1, -0.05) is 0 Å². The molecule has 100 valence electrons. The molecular formula is C12H13N3O2S2. The molecule has 5 nitrogen and oxygen atoms in total. The number of imidazole rings is 1. The Kier molecular flexibility index (Phi) is 2.84. The van der Waals surface area contributed by atoms with Gasteiger partial charge in [-0.25, -0.2) is 4.98 Å². The Hall–Kier alpha value is -1.44. The number of carbonyl (C=O) groups is 1. The van der Waals surface area contributed by atoms with E-state index in [1.807, 2.05) is 22.0 Å². The molecule has 3 rings (SSSR count). The van der Waals surface area contributed by atoms with E-state index in [0.717, 1.165) is 15.3 Å². The predicted octanol–water partition coefficient (Wildman–Crippen LogP) is 2.11. The maximum Gasteiger partial charge on any atom is 0.261 e. The molecule has 3 aromatic heterocycles. The van der Waals surface area contributed by atoms with E-state index < -0.39 is 5.54 Å². The lowest BCUT2D eigenvalue weighted by Crippen LogP contribution is -2.46. The summed E-state index contributed by atoms with van der Waals surface area (Å²) >= 11 is 2.94. The average Bonchev–Trinajstić information content (AvgIpc) is 2.98. The molecule has 1 amide bonds. The van der Waals surface area contributed by atoms with Crippen molar-refractivity contribution < 1.29 is 9.90 Å². The molecule has 7 heteroatoms. The van der Waals surface area contributed by atoms with Gasteiger partial charge in [-0.05, 0) is 19.9 Å². The van der Waals surface area contributed by atoms with Crippen molar-refractivity contribution in [2.24, 2.45) is 0 Å². The molecule has 0 radical (unpaired) electrons. The minimum absolute atomic E-state index is 0.0996. The van der Waals surface area contributed by atoms with Crippen LogP contribution >= 0.6 is 22.7 Å². The van der Waals surface area contributed by atoms with Gasteiger partial charge in [0.2, 0.25) is 0 Å². The quantitative estimate of drug-likeness (QED) is 0.777. The Labute approximate surface area is 117 Å². The van der Waals surface area contributed by atoms with Gasteiger partial charge in [0.05, 0.1) is 22.5 Å². The number of fused-ring (bicyclic) bond motifs is 3. The maximum atomic E-state index is 12.1. The van der Waals surface area contributed by atoms with Crippen molar-refractivity contribution in [2.75, 3.05) is 6.61 Å². The first-order valence-corrected chi connectivity index (χ1v) is 7.48. The van der Waals surface area contributed by atoms with E-state index in [0.29, 0.717) is 4.88 Å². The summed E-state index contributed by atoms with van der Waals surface area (Å²) in [5.74, 6) is -0.175. The SMILES string of the molecule is CC(C)(CO)NC(=O)c1cc2c(nc3sccn32)s1. The molecule has 0 aliphatic carbocycles. The van der Waals surface area contributed by atoms with Gasteiger partial charge in [-0.2, -0.15) is 0 Å². The van der Waals surface area contributed by atoms with Crippen LogP contribution in [0, 0.1) is 0 Å². The third-order valence-corrected chi connectivity index (χ3v) is 4.58. The largest absolute Gasteiger partial charge is 0.394 e. The molecule has 0 saturated heterocycles. The second-order valence-corrected chi connectivity index (χ2v) is 6.87. The number of hydrogen-bond donors (Lipinski definition) is 2. The Morgan fingerprint density at radius 2 is 2.37 bits per heavy atom. The van der Waals surface area contributed by atoms with Crippen molar-refractivity contribution in [3.8, 4) is 0 Å². The Morgan fingerprint density at radius 3 is 3.11 bits per heavy atom. The zero-order valence-corrected chi connectivity index (χ0v) is 12.1. The number of nitrogens with zero attached hydrogens (tertiary/aromatic N) is 2. The number of aliphatic hydroxyl groups excluding tert-OH is 1. The van der Waals surface area contributed by atoms with Gasteiger partial charge in [-0.15, -0.1) is 22.7 Å². The molecule has 3 heterocycles. The fourth-order valence-electron chi connectivity index (χ4n) is 1.77. The molecule has 0 aliphatic heterocycles. The van der Waals surface area contributed by atoms with Crippen LogP contribution in [0.25, 0.3) is 15.3 Å². The predicted molar refractivity (Wildman–Crippen MR) is 77.1 cm³/mol. The molecule has 0 aromatic carbocycles. The Morgan fingerprint density at radius 1 is 1.58 bits per heavy atom. The molecule has 19 heavy (non-hydrogen) atoms. The van der Waals surface area contributed by atoms with Crippen molar-refractivity contribution in [2.45, 2.75) is 19.4 Å². The fraction of sp³-hybridized carbons (Fsp3) is 0.333. The summed E-state index contributed by atoms with van der Waals surface area (Å²) in [5, 5.41) is 13.9. The lowest BCUT2D eigenvalue weighted by atomic mass is 10.1. The minimum atomic E-state index is -0.622. The Balaban J connectivity index is 1.96. The van der Waals surface area contributed by atoms with E-state index in [1.165, 1.54) is 11.3 Å². The maximum absolute atomic E-state index is 12.1. The highest BCUT2D eigenvalue weighted by Gasteiger charge is 2.22. The lowest BCUT2D eigenvalue weighted by molar-refractivity contribution is 0.0873. The molecular weight excluding hydrogens is 282 g/mol. The minimum Gasteiger partial charge on any atom is -0.394 e. The smallest absolute Gasteiger partial charge is 0.261 e. The summed E-state index contributed by atoms with van der Waals surface area (Å²) in [5.41, 5.74) is 0.330. The topological polar surface area (TPSA) is 66.6 Å². The molecule has 0 spiro atoms. The van der Waals surface area contributed by atoms with Crippen molar-refractivity contribution in [3.05, 3.63) is 22.5 Å². The molecule has 0 bridgehead atoms. The number of aromatic nitrogens is 2. The van der Waals surface area contributed by atoms with E-state index in [9.17, 15) is 9.90 Å². The highest BCUT2D eigenvalue weighted by atomic mass is 32.1. The summed E-state index contributed by atoms with van der Waals surface area (Å²) in [6, 6.07) is 1.84. The van der Waals surface area contributed by atoms with E-state index in [2.05, 4.69) is 10.3 Å². The van der Waals surface area contributed by atoms with Crippen LogP contribution < -0.4 is 5.32 Å². The van der Waals surface area contributed by atoms with E-state index in [-0.39, 0.29) is 12.5 Å². The van der Waals surface area contributed by atoms with Crippen LogP contribution in [-0.2, 0) is 0 Å². The third kappa shape index (κ3) is 2.13. The number of hydrogen-bond acceptors (Lipinski definition) is 5. The number of carbonyl (C=O) groups excluding carboxylic acids is 1. The van der Waals surface area contributed by atoms with Gasteiger partial charge in [0.1, 0.15) is 4.83 Å². The summed E-state index contributed by atoms with van der Waals surface area (Å²) in [6.07, 6.45) is 1.95. The molecule has 2 N–H and O–H groups in total. The van der Waals surface area contributed by atoms with Gasteiger partial charge < -0.3 is 10.4 Å². The number of rotatable bonds is 3. The molecule has 0 aliphatic rings. The molecule has 0 unspecified atom stereocenters. The molecule has 0 fully saturated rings. The van der Waals surface area contributed by atoms with E-state index in [1.54, 1.807) is 25.2 Å². The van der Waals surface area contributed by atoms with Crippen LogP contribution in [0.3, 0.4) is 0 Å². The second kappa shape index (κ2) is 4.29. The monoisotopic (exact) mass is 295 g/mol. The number of aliphatic hydroxyl groups is 1. The summed E-state index contributed by atoms with van der Waals surface area (Å²) in [4.78, 5) is 19.0. The van der Waals surface area contributed by atoms with Crippen LogP contribution in [0.1, 0.15) is 23.5 Å². The summed E-state index contributed by atoms with van der Waals surface area (Å²) < 4.78 is 1.98. The normalized spacial score (nSPS) is 12.4. The number of nitrogens with one attached hydrogen (secondary N) is 1. The summed E-state index contributed by atoms with van der Waals surface area (Å²) in [6.45, 7) is 3.46. The zero-order valence-electron chi connectivity index (χ0n) is 10.5. The number of thiophene rings is 1. The van der Waals surface area contributed by atoms with Gasteiger partial charge in [0.25, 0.3) is 5.91 Å². The highest BCUT2D eigenvalue weighted by molar-refractivity contribution is 7.21. The van der Waals surface area contributed by atoms with Crippen molar-refractivity contribution in [3.63, 3.8) is 0 Å². The van der Waals surface area contributed by atoms with E-state index in [4.69, 9.17) is 0 Å². The van der Waals surface area contributed by atoms with Gasteiger partial charge in [-0.3, -0.25) is 9.20 Å². The van der Waals surface area contributed by atoms with Crippen LogP contribution in [0.2, 0.25) is 0 Å². The van der Waals surface area contributed by atoms with Crippen molar-refractivity contribution >= 4 is 43.9 Å². The van der Waals surface area contributed by atoms with Crippen LogP contribution in [-0.4, -0.2) is 32.5 Å². The van der Waals surface area contributed by atoms with Gasteiger partial charge in [0.15, 0.2) is 4.96 Å².